The summed E-state index contributed by atoms with van der Waals surface area (Å²) in [4.78, 5) is 12.8. The molecule has 0 heterocycles. The van der Waals surface area contributed by atoms with Crippen LogP contribution in [0.25, 0.3) is 0 Å². The Morgan fingerprint density at radius 2 is 1.58 bits per heavy atom. The monoisotopic (exact) mass is 438 g/mol. The number of nitrogens with one attached hydrogen (secondary N) is 1. The van der Waals surface area contributed by atoms with E-state index in [0.29, 0.717) is 17.0 Å². The van der Waals surface area contributed by atoms with Crippen LogP contribution in [-0.4, -0.2) is 31.7 Å². The zero-order valence-corrected chi connectivity index (χ0v) is 18.6. The first-order chi connectivity index (χ1) is 14.8. The third-order valence-electron chi connectivity index (χ3n) is 4.75. The number of ether oxygens (including phenoxy) is 1. The van der Waals surface area contributed by atoms with E-state index in [0.717, 1.165) is 11.3 Å². The van der Waals surface area contributed by atoms with Crippen LogP contribution < -0.4 is 10.1 Å². The van der Waals surface area contributed by atoms with Crippen molar-refractivity contribution >= 4 is 21.6 Å². The fraction of sp³-hybridized carbons (Fsp3) is 0.208. The van der Waals surface area contributed by atoms with Crippen LogP contribution in [0.3, 0.4) is 0 Å². The molecule has 0 aliphatic carbocycles. The number of para-hydroxylation sites is 1. The summed E-state index contributed by atoms with van der Waals surface area (Å²) >= 11 is 0. The molecule has 0 aliphatic heterocycles. The predicted octanol–water partition coefficient (Wildman–Crippen LogP) is 4.75. The van der Waals surface area contributed by atoms with Gasteiger partial charge < -0.3 is 10.1 Å². The highest BCUT2D eigenvalue weighted by molar-refractivity contribution is 7.89. The molecule has 0 aromatic heterocycles. The van der Waals surface area contributed by atoms with Gasteiger partial charge in [0.05, 0.1) is 11.4 Å². The van der Waals surface area contributed by atoms with E-state index in [4.69, 9.17) is 4.74 Å². The van der Waals surface area contributed by atoms with E-state index in [-0.39, 0.29) is 18.0 Å². The second-order valence-corrected chi connectivity index (χ2v) is 9.09. The van der Waals surface area contributed by atoms with Crippen molar-refractivity contribution in [3.05, 3.63) is 83.9 Å². The number of likely N-dealkylation sites (N-methyl/N-ethyl adjacent to an activating group) is 1. The Morgan fingerprint density at radius 1 is 0.935 bits per heavy atom. The number of hydrogen-bond acceptors (Lipinski definition) is 4. The van der Waals surface area contributed by atoms with E-state index < -0.39 is 15.9 Å². The van der Waals surface area contributed by atoms with Crippen LogP contribution in [0.15, 0.2) is 77.7 Å². The van der Waals surface area contributed by atoms with Crippen LogP contribution in [-0.2, 0) is 14.8 Å². The van der Waals surface area contributed by atoms with Gasteiger partial charge in [-0.25, -0.2) is 8.42 Å². The number of hydrogen-bond donors (Lipinski definition) is 1. The third-order valence-corrected chi connectivity index (χ3v) is 6.81. The molecule has 3 rings (SSSR count). The maximum atomic E-state index is 13.1. The lowest BCUT2D eigenvalue weighted by atomic mass is 10.2. The first kappa shape index (κ1) is 22.5. The van der Waals surface area contributed by atoms with Crippen molar-refractivity contribution in [2.24, 2.45) is 0 Å². The fourth-order valence-electron chi connectivity index (χ4n) is 3.08. The highest BCUT2D eigenvalue weighted by atomic mass is 32.2. The first-order valence-corrected chi connectivity index (χ1v) is 11.4. The Labute approximate surface area is 183 Å². The van der Waals surface area contributed by atoms with E-state index in [1.807, 2.05) is 43.3 Å². The third kappa shape index (κ3) is 5.71. The van der Waals surface area contributed by atoms with Crippen molar-refractivity contribution in [3.8, 4) is 11.5 Å². The van der Waals surface area contributed by atoms with Gasteiger partial charge in [-0.1, -0.05) is 37.3 Å². The lowest BCUT2D eigenvalue weighted by Gasteiger charge is -2.21. The van der Waals surface area contributed by atoms with Gasteiger partial charge in [0.1, 0.15) is 11.5 Å². The molecule has 162 valence electrons. The van der Waals surface area contributed by atoms with E-state index in [2.05, 4.69) is 5.32 Å². The highest BCUT2D eigenvalue weighted by Gasteiger charge is 2.26. The number of carbonyl (C=O) groups is 1. The smallest absolute Gasteiger partial charge is 0.243 e. The summed E-state index contributed by atoms with van der Waals surface area (Å²) in [5, 5.41) is 2.75. The Hall–Kier alpha value is -3.16. The molecular formula is C24H26N2O4S. The van der Waals surface area contributed by atoms with Crippen molar-refractivity contribution in [2.45, 2.75) is 25.7 Å². The normalized spacial score (nSPS) is 11.4. The SMILES string of the molecule is CCN(CC(=O)Nc1ccc(Oc2ccccc2)cc1)S(=O)(=O)c1cc(C)ccc1C. The van der Waals surface area contributed by atoms with Crippen LogP contribution in [0.1, 0.15) is 18.1 Å². The number of carbonyl (C=O) groups excluding carboxylic acids is 1. The molecule has 31 heavy (non-hydrogen) atoms. The molecule has 3 aromatic carbocycles. The molecule has 0 aliphatic rings. The van der Waals surface area contributed by atoms with Crippen molar-refractivity contribution < 1.29 is 17.9 Å². The second kappa shape index (κ2) is 9.76. The molecule has 0 saturated carbocycles. The predicted molar refractivity (Wildman–Crippen MR) is 122 cm³/mol. The topological polar surface area (TPSA) is 75.7 Å². The molecule has 1 N–H and O–H groups in total. The zero-order valence-electron chi connectivity index (χ0n) is 17.8. The Morgan fingerprint density at radius 3 is 2.23 bits per heavy atom. The molecular weight excluding hydrogens is 412 g/mol. The van der Waals surface area contributed by atoms with Crippen LogP contribution in [0, 0.1) is 13.8 Å². The van der Waals surface area contributed by atoms with Crippen molar-refractivity contribution in [1.82, 2.24) is 4.31 Å². The largest absolute Gasteiger partial charge is 0.457 e. The lowest BCUT2D eigenvalue weighted by Crippen LogP contribution is -2.38. The second-order valence-electron chi connectivity index (χ2n) is 7.19. The van der Waals surface area contributed by atoms with Gasteiger partial charge >= 0.3 is 0 Å². The van der Waals surface area contributed by atoms with E-state index in [1.54, 1.807) is 50.2 Å². The number of anilines is 1. The number of amides is 1. The summed E-state index contributed by atoms with van der Waals surface area (Å²) in [6.45, 7) is 5.22. The number of rotatable bonds is 8. The van der Waals surface area contributed by atoms with E-state index in [9.17, 15) is 13.2 Å². The maximum absolute atomic E-state index is 13.1. The lowest BCUT2D eigenvalue weighted by molar-refractivity contribution is -0.116. The molecule has 0 radical (unpaired) electrons. The zero-order chi connectivity index (χ0) is 22.4. The minimum absolute atomic E-state index is 0.187. The maximum Gasteiger partial charge on any atom is 0.243 e. The highest BCUT2D eigenvalue weighted by Crippen LogP contribution is 2.23. The molecule has 1 amide bonds. The molecule has 0 atom stereocenters. The van der Waals surface area contributed by atoms with Gasteiger partial charge in [0.15, 0.2) is 0 Å². The molecule has 0 spiro atoms. The minimum atomic E-state index is -3.78. The van der Waals surface area contributed by atoms with Gasteiger partial charge in [-0.05, 0) is 67.4 Å². The van der Waals surface area contributed by atoms with Gasteiger partial charge in [-0.15, -0.1) is 0 Å². The van der Waals surface area contributed by atoms with Crippen LogP contribution >= 0.6 is 0 Å². The molecule has 0 saturated heterocycles. The number of aryl methyl sites for hydroxylation is 2. The van der Waals surface area contributed by atoms with Gasteiger partial charge in [0.2, 0.25) is 15.9 Å². The van der Waals surface area contributed by atoms with Gasteiger partial charge in [0.25, 0.3) is 0 Å². The van der Waals surface area contributed by atoms with Gasteiger partial charge in [0, 0.05) is 12.2 Å². The summed E-state index contributed by atoms with van der Waals surface area (Å²) in [6.07, 6.45) is 0. The molecule has 0 fully saturated rings. The van der Waals surface area contributed by atoms with Gasteiger partial charge in [-0.3, -0.25) is 4.79 Å². The molecule has 3 aromatic rings. The number of benzene rings is 3. The van der Waals surface area contributed by atoms with E-state index >= 15 is 0 Å². The van der Waals surface area contributed by atoms with Crippen molar-refractivity contribution in [1.29, 1.82) is 0 Å². The average molecular weight is 439 g/mol. The first-order valence-electron chi connectivity index (χ1n) is 10.00. The Bertz CT molecular complexity index is 1140. The summed E-state index contributed by atoms with van der Waals surface area (Å²) in [6, 6.07) is 21.6. The summed E-state index contributed by atoms with van der Waals surface area (Å²) in [5.74, 6) is 0.943. The van der Waals surface area contributed by atoms with Crippen LogP contribution in [0.4, 0.5) is 5.69 Å². The quantitative estimate of drug-likeness (QED) is 0.551. The van der Waals surface area contributed by atoms with Crippen LogP contribution in [0.5, 0.6) is 11.5 Å². The van der Waals surface area contributed by atoms with Crippen molar-refractivity contribution in [2.75, 3.05) is 18.4 Å². The minimum Gasteiger partial charge on any atom is -0.457 e. The number of sulfonamides is 1. The summed E-state index contributed by atoms with van der Waals surface area (Å²) in [5.41, 5.74) is 2.06. The van der Waals surface area contributed by atoms with E-state index in [1.165, 1.54) is 4.31 Å². The van der Waals surface area contributed by atoms with Crippen LogP contribution in [0.2, 0.25) is 0 Å². The molecule has 0 unspecified atom stereocenters. The van der Waals surface area contributed by atoms with Crippen molar-refractivity contribution in [3.63, 3.8) is 0 Å². The standard InChI is InChI=1S/C24H26N2O4S/c1-4-26(31(28,29)23-16-18(2)10-11-19(23)3)17-24(27)25-20-12-14-22(15-13-20)30-21-8-6-5-7-9-21/h5-16H,4,17H2,1-3H3,(H,25,27). The Kier molecular flexibility index (Phi) is 7.09. The molecule has 7 heteroatoms. The average Bonchev–Trinajstić information content (AvgIpc) is 2.75. The van der Waals surface area contributed by atoms with Gasteiger partial charge in [-0.2, -0.15) is 4.31 Å². The Balaban J connectivity index is 1.66. The summed E-state index contributed by atoms with van der Waals surface area (Å²) < 4.78 is 33.1. The summed E-state index contributed by atoms with van der Waals surface area (Å²) in [7, 11) is -3.78. The molecule has 6 nitrogen and oxygen atoms in total. The fourth-order valence-corrected chi connectivity index (χ4v) is 4.80. The number of nitrogens with zero attached hydrogens (tertiary/aromatic N) is 1. The molecule has 0 bridgehead atoms.